The number of hydrazine groups is 1. The minimum Gasteiger partial charge on any atom is -0.271 e. The van der Waals surface area contributed by atoms with E-state index in [1.807, 2.05) is 0 Å². The van der Waals surface area contributed by atoms with Gasteiger partial charge in [-0.05, 0) is 31.6 Å². The highest BCUT2D eigenvalue weighted by atomic mass is 19.4. The van der Waals surface area contributed by atoms with Crippen LogP contribution >= 0.6 is 0 Å². The fourth-order valence-corrected chi connectivity index (χ4v) is 2.92. The molecule has 0 amide bonds. The number of rotatable bonds is 4. The van der Waals surface area contributed by atoms with Crippen LogP contribution in [0.2, 0.25) is 0 Å². The van der Waals surface area contributed by atoms with Gasteiger partial charge in [0.15, 0.2) is 0 Å². The van der Waals surface area contributed by atoms with E-state index >= 15 is 0 Å². The Hall–Kier alpha value is -1.15. The molecule has 1 fully saturated rings. The summed E-state index contributed by atoms with van der Waals surface area (Å²) in [7, 11) is 1.77. The van der Waals surface area contributed by atoms with Crippen molar-refractivity contribution in [2.24, 2.45) is 24.7 Å². The lowest BCUT2D eigenvalue weighted by Crippen LogP contribution is -2.44. The second-order valence-corrected chi connectivity index (χ2v) is 5.51. The highest BCUT2D eigenvalue weighted by molar-refractivity contribution is 4.97. The Balaban J connectivity index is 1.90. The number of nitrogens with zero attached hydrogens (tertiary/aromatic N) is 3. The summed E-state index contributed by atoms with van der Waals surface area (Å²) in [5, 5.41) is 7.83. The van der Waals surface area contributed by atoms with Crippen LogP contribution in [0.25, 0.3) is 0 Å². The summed E-state index contributed by atoms with van der Waals surface area (Å²) in [5.41, 5.74) is 3.52. The Bertz CT molecular complexity index is 423. The van der Waals surface area contributed by atoms with Gasteiger partial charge in [-0.15, -0.1) is 5.10 Å². The number of hydrogen-bond acceptors (Lipinski definition) is 4. The Morgan fingerprint density at radius 3 is 2.50 bits per heavy atom. The summed E-state index contributed by atoms with van der Waals surface area (Å²) in [4.78, 5) is 0. The van der Waals surface area contributed by atoms with E-state index < -0.39 is 12.1 Å². The molecule has 0 saturated heterocycles. The van der Waals surface area contributed by atoms with Gasteiger partial charge in [-0.25, -0.2) is 0 Å². The lowest BCUT2D eigenvalue weighted by molar-refractivity contribution is -0.184. The van der Waals surface area contributed by atoms with Crippen LogP contribution in [-0.2, 0) is 13.5 Å². The third kappa shape index (κ3) is 3.69. The van der Waals surface area contributed by atoms with E-state index in [0.29, 0.717) is 19.3 Å². The summed E-state index contributed by atoms with van der Waals surface area (Å²) in [6, 6.07) is -0.0547. The van der Waals surface area contributed by atoms with Gasteiger partial charge < -0.3 is 0 Å². The van der Waals surface area contributed by atoms with Crippen molar-refractivity contribution >= 4 is 0 Å². The SMILES string of the molecule is Cn1cc(CC(NN)C2CCC(C(F)(F)F)CC2)nn1. The first kappa shape index (κ1) is 15.2. The number of nitrogens with one attached hydrogen (secondary N) is 1. The first-order chi connectivity index (χ1) is 9.40. The van der Waals surface area contributed by atoms with Gasteiger partial charge in [-0.1, -0.05) is 5.21 Å². The van der Waals surface area contributed by atoms with Crippen molar-refractivity contribution in [3.63, 3.8) is 0 Å². The average Bonchev–Trinajstić information content (AvgIpc) is 2.81. The largest absolute Gasteiger partial charge is 0.391 e. The molecule has 1 unspecified atom stereocenters. The molecule has 1 aliphatic carbocycles. The van der Waals surface area contributed by atoms with Gasteiger partial charge >= 0.3 is 6.18 Å². The minimum absolute atomic E-state index is 0.0547. The molecule has 1 aromatic rings. The summed E-state index contributed by atoms with van der Waals surface area (Å²) >= 11 is 0. The molecule has 0 spiro atoms. The molecule has 8 heteroatoms. The van der Waals surface area contributed by atoms with Gasteiger partial charge in [0.25, 0.3) is 0 Å². The zero-order valence-corrected chi connectivity index (χ0v) is 11.4. The van der Waals surface area contributed by atoms with Crippen LogP contribution < -0.4 is 11.3 Å². The maximum atomic E-state index is 12.6. The quantitative estimate of drug-likeness (QED) is 0.652. The van der Waals surface area contributed by atoms with Gasteiger partial charge in [0.05, 0.1) is 11.6 Å². The molecule has 1 aliphatic rings. The van der Waals surface area contributed by atoms with E-state index in [0.717, 1.165) is 5.69 Å². The van der Waals surface area contributed by atoms with Crippen molar-refractivity contribution in [3.8, 4) is 0 Å². The minimum atomic E-state index is -4.07. The average molecular weight is 291 g/mol. The zero-order valence-electron chi connectivity index (χ0n) is 11.4. The molecule has 2 rings (SSSR count). The topological polar surface area (TPSA) is 68.8 Å². The van der Waals surface area contributed by atoms with Crippen molar-refractivity contribution in [3.05, 3.63) is 11.9 Å². The highest BCUT2D eigenvalue weighted by Gasteiger charge is 2.42. The van der Waals surface area contributed by atoms with E-state index in [-0.39, 0.29) is 24.8 Å². The van der Waals surface area contributed by atoms with Gasteiger partial charge in [0.1, 0.15) is 0 Å². The molecular weight excluding hydrogens is 271 g/mol. The van der Waals surface area contributed by atoms with Crippen molar-refractivity contribution < 1.29 is 13.2 Å². The third-order valence-electron chi connectivity index (χ3n) is 4.10. The van der Waals surface area contributed by atoms with Gasteiger partial charge in [0.2, 0.25) is 0 Å². The smallest absolute Gasteiger partial charge is 0.271 e. The van der Waals surface area contributed by atoms with Crippen molar-refractivity contribution in [1.82, 2.24) is 20.4 Å². The van der Waals surface area contributed by atoms with Crippen LogP contribution in [0.1, 0.15) is 31.4 Å². The molecule has 1 aromatic heterocycles. The molecular formula is C12H20F3N5. The van der Waals surface area contributed by atoms with Crippen LogP contribution in [0.3, 0.4) is 0 Å². The normalized spacial score (nSPS) is 25.6. The van der Waals surface area contributed by atoms with Gasteiger partial charge in [0, 0.05) is 25.7 Å². The summed E-state index contributed by atoms with van der Waals surface area (Å²) in [5.74, 6) is 4.55. The van der Waals surface area contributed by atoms with Crippen molar-refractivity contribution in [1.29, 1.82) is 0 Å². The number of nitrogens with two attached hydrogens (primary N) is 1. The maximum Gasteiger partial charge on any atom is 0.391 e. The monoisotopic (exact) mass is 291 g/mol. The molecule has 114 valence electrons. The Morgan fingerprint density at radius 1 is 1.40 bits per heavy atom. The predicted octanol–water partition coefficient (Wildman–Crippen LogP) is 1.56. The molecule has 0 aromatic carbocycles. The number of hydrogen-bond donors (Lipinski definition) is 2. The molecule has 0 bridgehead atoms. The molecule has 0 aliphatic heterocycles. The second kappa shape index (κ2) is 6.09. The molecule has 5 nitrogen and oxygen atoms in total. The van der Waals surface area contributed by atoms with Crippen LogP contribution in [-0.4, -0.2) is 27.2 Å². The van der Waals surface area contributed by atoms with Gasteiger partial charge in [-0.3, -0.25) is 16.0 Å². The molecule has 0 radical (unpaired) electrons. The fraction of sp³-hybridized carbons (Fsp3) is 0.833. The first-order valence-corrected chi connectivity index (χ1v) is 6.78. The third-order valence-corrected chi connectivity index (χ3v) is 4.10. The molecule has 1 atom stereocenters. The van der Waals surface area contributed by atoms with E-state index in [9.17, 15) is 13.2 Å². The van der Waals surface area contributed by atoms with Crippen LogP contribution in [0.15, 0.2) is 6.20 Å². The predicted molar refractivity (Wildman–Crippen MR) is 67.3 cm³/mol. The molecule has 20 heavy (non-hydrogen) atoms. The maximum absolute atomic E-state index is 12.6. The van der Waals surface area contributed by atoms with Crippen LogP contribution in [0.5, 0.6) is 0 Å². The molecule has 1 heterocycles. The number of aryl methyl sites for hydroxylation is 1. The Labute approximate surface area is 115 Å². The summed E-state index contributed by atoms with van der Waals surface area (Å²) in [6.07, 6.45) is -0.225. The lowest BCUT2D eigenvalue weighted by atomic mass is 9.77. The van der Waals surface area contributed by atoms with E-state index in [2.05, 4.69) is 15.7 Å². The zero-order chi connectivity index (χ0) is 14.8. The number of alkyl halides is 3. The van der Waals surface area contributed by atoms with Crippen LogP contribution in [0, 0.1) is 11.8 Å². The second-order valence-electron chi connectivity index (χ2n) is 5.51. The fourth-order valence-electron chi connectivity index (χ4n) is 2.92. The standard InChI is InChI=1S/C12H20F3N5/c1-20-7-10(18-19-20)6-11(17-16)8-2-4-9(5-3-8)12(13,14)15/h7-9,11,17H,2-6,16H2,1H3. The Morgan fingerprint density at radius 2 is 2.05 bits per heavy atom. The molecule has 3 N–H and O–H groups in total. The van der Waals surface area contributed by atoms with Crippen LogP contribution in [0.4, 0.5) is 13.2 Å². The summed E-state index contributed by atoms with van der Waals surface area (Å²) < 4.78 is 39.5. The summed E-state index contributed by atoms with van der Waals surface area (Å²) in [6.45, 7) is 0. The van der Waals surface area contributed by atoms with Crippen molar-refractivity contribution in [2.45, 2.75) is 44.3 Å². The van der Waals surface area contributed by atoms with Crippen molar-refractivity contribution in [2.75, 3.05) is 0 Å². The molecule has 1 saturated carbocycles. The number of aromatic nitrogens is 3. The highest BCUT2D eigenvalue weighted by Crippen LogP contribution is 2.40. The first-order valence-electron chi connectivity index (χ1n) is 6.78. The van der Waals surface area contributed by atoms with E-state index in [4.69, 9.17) is 5.84 Å². The van der Waals surface area contributed by atoms with Gasteiger partial charge in [-0.2, -0.15) is 13.2 Å². The lowest BCUT2D eigenvalue weighted by Gasteiger charge is -2.34. The van der Waals surface area contributed by atoms with E-state index in [1.54, 1.807) is 17.9 Å². The Kier molecular flexibility index (Phi) is 4.64. The number of halogens is 3. The van der Waals surface area contributed by atoms with E-state index in [1.165, 1.54) is 0 Å².